The second-order valence-electron chi connectivity index (χ2n) is 5.90. The molecular formula is C18H21N3O3. The van der Waals surface area contributed by atoms with Crippen molar-refractivity contribution in [1.29, 1.82) is 5.26 Å². The maximum absolute atomic E-state index is 12.5. The van der Waals surface area contributed by atoms with Gasteiger partial charge in [0, 0.05) is 12.0 Å². The highest BCUT2D eigenvalue weighted by Gasteiger charge is 2.23. The quantitative estimate of drug-likeness (QED) is 0.880. The first-order chi connectivity index (χ1) is 11.5. The Hall–Kier alpha value is -2.81. The SMILES string of the molecule is COc1ccccc1[C@H](C#N)NC(=O)c1oc(CC(C)C)nc1C. The molecule has 2 aromatic rings. The molecule has 6 nitrogen and oxygen atoms in total. The van der Waals surface area contributed by atoms with E-state index >= 15 is 0 Å². The molecule has 1 aromatic heterocycles. The van der Waals surface area contributed by atoms with Gasteiger partial charge in [0.25, 0.3) is 5.91 Å². The largest absolute Gasteiger partial charge is 0.496 e. The molecule has 1 heterocycles. The van der Waals surface area contributed by atoms with Gasteiger partial charge in [-0.2, -0.15) is 5.26 Å². The van der Waals surface area contributed by atoms with Gasteiger partial charge < -0.3 is 14.5 Å². The molecule has 0 bridgehead atoms. The number of ether oxygens (including phenoxy) is 1. The molecule has 1 N–H and O–H groups in total. The first-order valence-electron chi connectivity index (χ1n) is 7.76. The van der Waals surface area contributed by atoms with E-state index in [1.54, 1.807) is 31.2 Å². The number of oxazole rings is 1. The monoisotopic (exact) mass is 327 g/mol. The minimum Gasteiger partial charge on any atom is -0.496 e. The topological polar surface area (TPSA) is 88.1 Å². The fourth-order valence-electron chi connectivity index (χ4n) is 2.38. The highest BCUT2D eigenvalue weighted by atomic mass is 16.5. The minimum absolute atomic E-state index is 0.140. The summed E-state index contributed by atoms with van der Waals surface area (Å²) in [6.07, 6.45) is 0.655. The molecule has 126 valence electrons. The smallest absolute Gasteiger partial charge is 0.290 e. The Morgan fingerprint density at radius 2 is 2.12 bits per heavy atom. The fraction of sp³-hybridized carbons (Fsp3) is 0.389. The highest BCUT2D eigenvalue weighted by Crippen LogP contribution is 2.25. The van der Waals surface area contributed by atoms with Crippen molar-refractivity contribution in [2.45, 2.75) is 33.2 Å². The van der Waals surface area contributed by atoms with Crippen molar-refractivity contribution in [2.75, 3.05) is 7.11 Å². The van der Waals surface area contributed by atoms with Gasteiger partial charge >= 0.3 is 0 Å². The van der Waals surface area contributed by atoms with E-state index in [1.807, 2.05) is 13.8 Å². The fourth-order valence-corrected chi connectivity index (χ4v) is 2.38. The summed E-state index contributed by atoms with van der Waals surface area (Å²) >= 11 is 0. The van der Waals surface area contributed by atoms with E-state index < -0.39 is 11.9 Å². The molecule has 0 saturated carbocycles. The number of benzene rings is 1. The molecule has 1 amide bonds. The molecule has 0 unspecified atom stereocenters. The van der Waals surface area contributed by atoms with Crippen LogP contribution in [-0.4, -0.2) is 18.0 Å². The van der Waals surface area contributed by atoms with Gasteiger partial charge in [-0.1, -0.05) is 32.0 Å². The third kappa shape index (κ3) is 3.93. The van der Waals surface area contributed by atoms with Gasteiger partial charge in [-0.25, -0.2) is 4.98 Å². The number of hydrogen-bond acceptors (Lipinski definition) is 5. The van der Waals surface area contributed by atoms with E-state index in [0.717, 1.165) is 0 Å². The number of aryl methyl sites for hydroxylation is 1. The molecule has 0 fully saturated rings. The zero-order valence-corrected chi connectivity index (χ0v) is 14.3. The predicted molar refractivity (Wildman–Crippen MR) is 88.6 cm³/mol. The Bertz CT molecular complexity index is 759. The number of carbonyl (C=O) groups excluding carboxylic acids is 1. The van der Waals surface area contributed by atoms with Crippen LogP contribution in [0.15, 0.2) is 28.7 Å². The van der Waals surface area contributed by atoms with Gasteiger partial charge in [0.05, 0.1) is 18.9 Å². The summed E-state index contributed by atoms with van der Waals surface area (Å²) in [6, 6.07) is 8.31. The Morgan fingerprint density at radius 3 is 2.75 bits per heavy atom. The van der Waals surface area contributed by atoms with Crippen LogP contribution in [0.3, 0.4) is 0 Å². The van der Waals surface area contributed by atoms with Gasteiger partial charge in [-0.3, -0.25) is 4.79 Å². The first kappa shape index (κ1) is 17.5. The van der Waals surface area contributed by atoms with Crippen molar-refractivity contribution in [1.82, 2.24) is 10.3 Å². The van der Waals surface area contributed by atoms with Crippen molar-refractivity contribution < 1.29 is 13.9 Å². The predicted octanol–water partition coefficient (Wildman–Crippen LogP) is 3.18. The molecule has 1 atom stereocenters. The Balaban J connectivity index is 2.21. The number of aromatic nitrogens is 1. The molecule has 2 rings (SSSR count). The number of rotatable bonds is 6. The van der Waals surface area contributed by atoms with Gasteiger partial charge in [0.2, 0.25) is 5.76 Å². The molecule has 1 aromatic carbocycles. The van der Waals surface area contributed by atoms with Crippen molar-refractivity contribution in [2.24, 2.45) is 5.92 Å². The molecule has 0 spiro atoms. The lowest BCUT2D eigenvalue weighted by molar-refractivity contribution is 0.0914. The number of methoxy groups -OCH3 is 1. The van der Waals surface area contributed by atoms with Crippen molar-refractivity contribution in [3.8, 4) is 11.8 Å². The van der Waals surface area contributed by atoms with E-state index in [9.17, 15) is 10.1 Å². The second-order valence-corrected chi connectivity index (χ2v) is 5.90. The van der Waals surface area contributed by atoms with E-state index in [2.05, 4.69) is 16.4 Å². The highest BCUT2D eigenvalue weighted by molar-refractivity contribution is 5.93. The van der Waals surface area contributed by atoms with Crippen LogP contribution in [0, 0.1) is 24.2 Å². The number of para-hydroxylation sites is 1. The summed E-state index contributed by atoms with van der Waals surface area (Å²) in [6.45, 7) is 5.81. The number of nitrogens with zero attached hydrogens (tertiary/aromatic N) is 2. The van der Waals surface area contributed by atoms with Crippen LogP contribution in [0.1, 0.15) is 47.6 Å². The summed E-state index contributed by atoms with van der Waals surface area (Å²) in [4.78, 5) is 16.7. The van der Waals surface area contributed by atoms with Gasteiger partial charge in [-0.05, 0) is 18.9 Å². The van der Waals surface area contributed by atoms with Gasteiger partial charge in [-0.15, -0.1) is 0 Å². The van der Waals surface area contributed by atoms with Gasteiger partial charge in [0.1, 0.15) is 11.8 Å². The molecular weight excluding hydrogens is 306 g/mol. The van der Waals surface area contributed by atoms with E-state index in [0.29, 0.717) is 35.2 Å². The summed E-state index contributed by atoms with van der Waals surface area (Å²) in [5, 5.41) is 12.1. The van der Waals surface area contributed by atoms with Crippen LogP contribution >= 0.6 is 0 Å². The molecule has 0 aliphatic rings. The summed E-state index contributed by atoms with van der Waals surface area (Å²) in [5.74, 6) is 1.12. The average molecular weight is 327 g/mol. The number of carbonyl (C=O) groups is 1. The maximum Gasteiger partial charge on any atom is 0.290 e. The van der Waals surface area contributed by atoms with Crippen molar-refractivity contribution in [3.05, 3.63) is 47.2 Å². The third-order valence-corrected chi connectivity index (χ3v) is 3.48. The van der Waals surface area contributed by atoms with Crippen LogP contribution < -0.4 is 10.1 Å². The standard InChI is InChI=1S/C18H21N3O3/c1-11(2)9-16-20-12(3)17(24-16)18(22)21-14(10-19)13-7-5-6-8-15(13)23-4/h5-8,11,14H,9H2,1-4H3,(H,21,22)/t14-/m0/s1. The average Bonchev–Trinajstić information content (AvgIpc) is 2.92. The van der Waals surface area contributed by atoms with Crippen LogP contribution in [0.4, 0.5) is 0 Å². The number of hydrogen-bond donors (Lipinski definition) is 1. The van der Waals surface area contributed by atoms with Crippen LogP contribution in [0.25, 0.3) is 0 Å². The summed E-state index contributed by atoms with van der Waals surface area (Å²) in [5.41, 5.74) is 1.11. The van der Waals surface area contributed by atoms with Crippen LogP contribution in [0.5, 0.6) is 5.75 Å². The molecule has 24 heavy (non-hydrogen) atoms. The molecule has 6 heteroatoms. The second kappa shape index (κ2) is 7.64. The maximum atomic E-state index is 12.5. The zero-order chi connectivity index (χ0) is 17.7. The Labute approximate surface area is 141 Å². The number of nitrogens with one attached hydrogen (secondary N) is 1. The van der Waals surface area contributed by atoms with Crippen molar-refractivity contribution in [3.63, 3.8) is 0 Å². The van der Waals surface area contributed by atoms with E-state index in [-0.39, 0.29) is 5.76 Å². The first-order valence-corrected chi connectivity index (χ1v) is 7.76. The zero-order valence-electron chi connectivity index (χ0n) is 14.3. The molecule has 0 radical (unpaired) electrons. The van der Waals surface area contributed by atoms with E-state index in [1.165, 1.54) is 7.11 Å². The van der Waals surface area contributed by atoms with Crippen LogP contribution in [-0.2, 0) is 6.42 Å². The number of nitriles is 1. The molecule has 0 aliphatic heterocycles. The lowest BCUT2D eigenvalue weighted by atomic mass is 10.1. The lowest BCUT2D eigenvalue weighted by Gasteiger charge is -2.14. The normalized spacial score (nSPS) is 11.8. The van der Waals surface area contributed by atoms with Crippen molar-refractivity contribution >= 4 is 5.91 Å². The number of amides is 1. The minimum atomic E-state index is -0.841. The van der Waals surface area contributed by atoms with Crippen LogP contribution in [0.2, 0.25) is 0 Å². The summed E-state index contributed by atoms with van der Waals surface area (Å²) < 4.78 is 10.8. The molecule has 0 aliphatic carbocycles. The Kier molecular flexibility index (Phi) is 5.59. The Morgan fingerprint density at radius 1 is 1.42 bits per heavy atom. The van der Waals surface area contributed by atoms with Gasteiger partial charge in [0.15, 0.2) is 5.89 Å². The lowest BCUT2D eigenvalue weighted by Crippen LogP contribution is -2.28. The summed E-state index contributed by atoms with van der Waals surface area (Å²) in [7, 11) is 1.52. The third-order valence-electron chi connectivity index (χ3n) is 3.48. The van der Waals surface area contributed by atoms with E-state index in [4.69, 9.17) is 9.15 Å². The molecule has 0 saturated heterocycles.